The number of hydrogen-bond donors (Lipinski definition) is 1. The summed E-state index contributed by atoms with van der Waals surface area (Å²) in [6.07, 6.45) is 10.9. The second-order valence-electron chi connectivity index (χ2n) is 7.10. The molecule has 0 amide bonds. The predicted molar refractivity (Wildman–Crippen MR) is 105 cm³/mol. The molecule has 0 unspecified atom stereocenters. The van der Waals surface area contributed by atoms with Gasteiger partial charge < -0.3 is 9.84 Å². The van der Waals surface area contributed by atoms with Gasteiger partial charge in [0.05, 0.1) is 6.10 Å². The van der Waals surface area contributed by atoms with E-state index in [1.165, 1.54) is 38.5 Å². The van der Waals surface area contributed by atoms with E-state index in [2.05, 4.69) is 18.2 Å². The number of rotatable bonds is 12. The van der Waals surface area contributed by atoms with E-state index < -0.39 is 0 Å². The van der Waals surface area contributed by atoms with Crippen molar-refractivity contribution in [2.24, 2.45) is 0 Å². The summed E-state index contributed by atoms with van der Waals surface area (Å²) < 4.78 is 5.90. The molecule has 0 bridgehead atoms. The van der Waals surface area contributed by atoms with E-state index in [4.69, 9.17) is 14.8 Å². The van der Waals surface area contributed by atoms with E-state index in [0.29, 0.717) is 6.61 Å². The molecule has 138 valence electrons. The minimum atomic E-state index is 0.161. The standard InChI is InChI=1S/C22H33NO2/c1-18(2)25-21-14-11-12-19-15-16-20(23-22(19)21)13-9-7-5-3-4-6-8-10-17-24/h11-12,14-16,18,24H,3-10,13,17H2,1-2H3. The molecular formula is C22H33NO2. The van der Waals surface area contributed by atoms with Gasteiger partial charge in [0, 0.05) is 17.7 Å². The van der Waals surface area contributed by atoms with Crippen LogP contribution in [0.1, 0.15) is 70.9 Å². The highest BCUT2D eigenvalue weighted by Gasteiger charge is 2.06. The Morgan fingerprint density at radius 3 is 2.24 bits per heavy atom. The number of unbranched alkanes of at least 4 members (excludes halogenated alkanes) is 7. The Labute approximate surface area is 152 Å². The lowest BCUT2D eigenvalue weighted by atomic mass is 10.1. The topological polar surface area (TPSA) is 42.4 Å². The van der Waals surface area contributed by atoms with Crippen molar-refractivity contribution < 1.29 is 9.84 Å². The average molecular weight is 344 g/mol. The molecule has 0 aliphatic carbocycles. The summed E-state index contributed by atoms with van der Waals surface area (Å²) in [7, 11) is 0. The summed E-state index contributed by atoms with van der Waals surface area (Å²) in [5.41, 5.74) is 2.15. The minimum absolute atomic E-state index is 0.161. The fourth-order valence-corrected chi connectivity index (χ4v) is 3.13. The molecule has 1 aromatic carbocycles. The van der Waals surface area contributed by atoms with E-state index in [9.17, 15) is 0 Å². The van der Waals surface area contributed by atoms with Crippen LogP contribution in [-0.4, -0.2) is 22.8 Å². The number of fused-ring (bicyclic) bond motifs is 1. The number of hydrogen-bond acceptors (Lipinski definition) is 3. The van der Waals surface area contributed by atoms with Crippen LogP contribution < -0.4 is 4.74 Å². The third-order valence-corrected chi connectivity index (χ3v) is 4.44. The first kappa shape index (κ1) is 19.7. The van der Waals surface area contributed by atoms with Crippen molar-refractivity contribution in [3.63, 3.8) is 0 Å². The first-order chi connectivity index (χ1) is 12.2. The van der Waals surface area contributed by atoms with Crippen molar-refractivity contribution in [1.29, 1.82) is 0 Å². The maximum absolute atomic E-state index is 8.76. The van der Waals surface area contributed by atoms with Crippen LogP contribution in [0.3, 0.4) is 0 Å². The zero-order chi connectivity index (χ0) is 17.9. The van der Waals surface area contributed by atoms with Crippen LogP contribution in [0.4, 0.5) is 0 Å². The van der Waals surface area contributed by atoms with Gasteiger partial charge >= 0.3 is 0 Å². The number of aromatic nitrogens is 1. The predicted octanol–water partition coefficient (Wildman–Crippen LogP) is 5.68. The van der Waals surface area contributed by atoms with Gasteiger partial charge in [-0.1, -0.05) is 56.7 Å². The summed E-state index contributed by atoms with van der Waals surface area (Å²) in [6, 6.07) is 10.4. The van der Waals surface area contributed by atoms with Crippen molar-refractivity contribution >= 4 is 10.9 Å². The van der Waals surface area contributed by atoms with Gasteiger partial charge in [0.15, 0.2) is 0 Å². The van der Waals surface area contributed by atoms with Crippen molar-refractivity contribution in [3.8, 4) is 5.75 Å². The van der Waals surface area contributed by atoms with Gasteiger partial charge in [-0.3, -0.25) is 0 Å². The number of pyridine rings is 1. The van der Waals surface area contributed by atoms with E-state index in [-0.39, 0.29) is 6.10 Å². The zero-order valence-corrected chi connectivity index (χ0v) is 15.8. The van der Waals surface area contributed by atoms with E-state index in [0.717, 1.165) is 41.6 Å². The number of aryl methyl sites for hydroxylation is 1. The largest absolute Gasteiger partial charge is 0.489 e. The summed E-state index contributed by atoms with van der Waals surface area (Å²) in [5.74, 6) is 0.886. The zero-order valence-electron chi connectivity index (χ0n) is 15.8. The highest BCUT2D eigenvalue weighted by atomic mass is 16.5. The Kier molecular flexibility index (Phi) is 8.75. The first-order valence-electron chi connectivity index (χ1n) is 9.87. The number of ether oxygens (including phenoxy) is 1. The highest BCUT2D eigenvalue weighted by molar-refractivity contribution is 5.84. The molecule has 1 N–H and O–H groups in total. The molecule has 25 heavy (non-hydrogen) atoms. The molecule has 0 radical (unpaired) electrons. The first-order valence-corrected chi connectivity index (χ1v) is 9.87. The average Bonchev–Trinajstić information content (AvgIpc) is 2.60. The van der Waals surface area contributed by atoms with Gasteiger partial charge in [-0.2, -0.15) is 0 Å². The monoisotopic (exact) mass is 343 g/mol. The lowest BCUT2D eigenvalue weighted by Crippen LogP contribution is -2.06. The molecule has 0 atom stereocenters. The minimum Gasteiger partial charge on any atom is -0.489 e. The Hall–Kier alpha value is -1.61. The van der Waals surface area contributed by atoms with Crippen LogP contribution in [0.5, 0.6) is 5.75 Å². The van der Waals surface area contributed by atoms with E-state index >= 15 is 0 Å². The van der Waals surface area contributed by atoms with Crippen LogP contribution in [0.15, 0.2) is 30.3 Å². The molecule has 3 nitrogen and oxygen atoms in total. The van der Waals surface area contributed by atoms with E-state index in [1.807, 2.05) is 26.0 Å². The molecular weight excluding hydrogens is 310 g/mol. The van der Waals surface area contributed by atoms with Crippen molar-refractivity contribution in [3.05, 3.63) is 36.0 Å². The van der Waals surface area contributed by atoms with Gasteiger partial charge in [-0.25, -0.2) is 4.98 Å². The van der Waals surface area contributed by atoms with Crippen LogP contribution in [0.2, 0.25) is 0 Å². The van der Waals surface area contributed by atoms with Gasteiger partial charge in [0.2, 0.25) is 0 Å². The molecule has 3 heteroatoms. The van der Waals surface area contributed by atoms with Gasteiger partial charge in [-0.15, -0.1) is 0 Å². The lowest BCUT2D eigenvalue weighted by molar-refractivity contribution is 0.245. The van der Waals surface area contributed by atoms with Crippen molar-refractivity contribution in [1.82, 2.24) is 4.98 Å². The van der Waals surface area contributed by atoms with Gasteiger partial charge in [0.1, 0.15) is 11.3 Å². The molecule has 0 aliphatic rings. The normalized spacial score (nSPS) is 11.4. The molecule has 0 saturated heterocycles. The Morgan fingerprint density at radius 2 is 1.56 bits per heavy atom. The highest BCUT2D eigenvalue weighted by Crippen LogP contribution is 2.25. The number of aliphatic hydroxyl groups is 1. The molecule has 0 saturated carbocycles. The van der Waals surface area contributed by atoms with Gasteiger partial charge in [-0.05, 0) is 45.2 Å². The third-order valence-electron chi connectivity index (χ3n) is 4.44. The molecule has 0 spiro atoms. The van der Waals surface area contributed by atoms with Gasteiger partial charge in [0.25, 0.3) is 0 Å². The molecule has 0 fully saturated rings. The maximum atomic E-state index is 8.76. The molecule has 2 rings (SSSR count). The summed E-state index contributed by atoms with van der Waals surface area (Å²) in [6.45, 7) is 4.43. The Morgan fingerprint density at radius 1 is 0.880 bits per heavy atom. The Bertz CT molecular complexity index is 624. The lowest BCUT2D eigenvalue weighted by Gasteiger charge is -2.12. The second kappa shape index (κ2) is 11.1. The van der Waals surface area contributed by atoms with Crippen LogP contribution in [0.25, 0.3) is 10.9 Å². The molecule has 0 aliphatic heterocycles. The SMILES string of the molecule is CC(C)Oc1cccc2ccc(CCCCCCCCCCO)nc12. The smallest absolute Gasteiger partial charge is 0.145 e. The number of benzene rings is 1. The fourth-order valence-electron chi connectivity index (χ4n) is 3.13. The fraction of sp³-hybridized carbons (Fsp3) is 0.591. The van der Waals surface area contributed by atoms with Crippen molar-refractivity contribution in [2.45, 2.75) is 77.7 Å². The molecule has 2 aromatic rings. The maximum Gasteiger partial charge on any atom is 0.145 e. The second-order valence-corrected chi connectivity index (χ2v) is 7.10. The van der Waals surface area contributed by atoms with Crippen LogP contribution >= 0.6 is 0 Å². The van der Waals surface area contributed by atoms with Crippen LogP contribution in [0, 0.1) is 0 Å². The van der Waals surface area contributed by atoms with Crippen LogP contribution in [-0.2, 0) is 6.42 Å². The summed E-state index contributed by atoms with van der Waals surface area (Å²) in [4.78, 5) is 4.85. The summed E-state index contributed by atoms with van der Waals surface area (Å²) >= 11 is 0. The Balaban J connectivity index is 1.77. The quantitative estimate of drug-likeness (QED) is 0.504. The third kappa shape index (κ3) is 7.03. The number of nitrogens with zero attached hydrogens (tertiary/aromatic N) is 1. The molecule has 1 heterocycles. The summed E-state index contributed by atoms with van der Waals surface area (Å²) in [5, 5.41) is 9.90. The van der Waals surface area contributed by atoms with E-state index in [1.54, 1.807) is 0 Å². The van der Waals surface area contributed by atoms with Crippen molar-refractivity contribution in [2.75, 3.05) is 6.61 Å². The molecule has 1 aromatic heterocycles. The number of para-hydroxylation sites is 1. The number of aliphatic hydroxyl groups excluding tert-OH is 1.